The third-order valence-corrected chi connectivity index (χ3v) is 3.14. The lowest BCUT2D eigenvalue weighted by Gasteiger charge is -2.02. The first-order chi connectivity index (χ1) is 10.2. The van der Waals surface area contributed by atoms with Gasteiger partial charge in [-0.1, -0.05) is 23.4 Å². The van der Waals surface area contributed by atoms with Gasteiger partial charge in [-0.2, -0.15) is 4.98 Å². The number of para-hydroxylation sites is 1. The zero-order valence-electron chi connectivity index (χ0n) is 11.7. The van der Waals surface area contributed by atoms with Crippen LogP contribution in [0.25, 0.3) is 11.5 Å². The molecule has 0 atom stereocenters. The van der Waals surface area contributed by atoms with Gasteiger partial charge >= 0.3 is 0 Å². The van der Waals surface area contributed by atoms with E-state index in [-0.39, 0.29) is 0 Å². The predicted molar refractivity (Wildman–Crippen MR) is 78.3 cm³/mol. The van der Waals surface area contributed by atoms with Gasteiger partial charge in [-0.05, 0) is 31.0 Å². The van der Waals surface area contributed by atoms with Gasteiger partial charge in [0.1, 0.15) is 11.5 Å². The Morgan fingerprint density at radius 2 is 1.95 bits per heavy atom. The molecule has 1 aromatic carbocycles. The van der Waals surface area contributed by atoms with Crippen LogP contribution in [-0.2, 0) is 12.8 Å². The van der Waals surface area contributed by atoms with Crippen LogP contribution in [0.5, 0.6) is 0 Å². The second-order valence-corrected chi connectivity index (χ2v) is 4.70. The zero-order valence-corrected chi connectivity index (χ0v) is 11.7. The first-order valence-electron chi connectivity index (χ1n) is 6.68. The molecule has 2 aromatic heterocycles. The predicted octanol–water partition coefficient (Wildman–Crippen LogP) is 2.20. The molecule has 0 aliphatic heterocycles. The van der Waals surface area contributed by atoms with Gasteiger partial charge in [0.25, 0.3) is 0 Å². The van der Waals surface area contributed by atoms with Crippen LogP contribution in [-0.4, -0.2) is 20.1 Å². The van der Waals surface area contributed by atoms with E-state index in [1.807, 2.05) is 31.2 Å². The number of benzene rings is 1. The van der Waals surface area contributed by atoms with Gasteiger partial charge in [0.15, 0.2) is 0 Å². The van der Waals surface area contributed by atoms with Crippen molar-refractivity contribution in [2.24, 2.45) is 0 Å². The van der Waals surface area contributed by atoms with E-state index in [0.29, 0.717) is 29.7 Å². The summed E-state index contributed by atoms with van der Waals surface area (Å²) in [5.41, 5.74) is 8.44. The topological polar surface area (TPSA) is 90.7 Å². The Morgan fingerprint density at radius 1 is 1.10 bits per heavy atom. The van der Waals surface area contributed by atoms with Crippen LogP contribution in [0.1, 0.15) is 17.3 Å². The van der Waals surface area contributed by atoms with Crippen molar-refractivity contribution in [3.8, 4) is 11.5 Å². The summed E-state index contributed by atoms with van der Waals surface area (Å²) in [6.45, 7) is 1.82. The molecule has 0 amide bonds. The van der Waals surface area contributed by atoms with Crippen LogP contribution in [0.4, 0.5) is 5.69 Å². The van der Waals surface area contributed by atoms with E-state index in [1.165, 1.54) is 0 Å². The van der Waals surface area contributed by atoms with Crippen molar-refractivity contribution in [2.45, 2.75) is 19.8 Å². The maximum absolute atomic E-state index is 5.91. The average Bonchev–Trinajstić information content (AvgIpc) is 2.95. The van der Waals surface area contributed by atoms with Gasteiger partial charge < -0.3 is 10.3 Å². The van der Waals surface area contributed by atoms with E-state index in [1.54, 1.807) is 12.3 Å². The monoisotopic (exact) mass is 281 g/mol. The second kappa shape index (κ2) is 5.70. The van der Waals surface area contributed by atoms with E-state index in [4.69, 9.17) is 10.3 Å². The molecule has 0 bridgehead atoms. The maximum atomic E-state index is 5.91. The number of nitrogens with zero attached hydrogens (tertiary/aromatic N) is 4. The van der Waals surface area contributed by atoms with Crippen molar-refractivity contribution in [1.29, 1.82) is 0 Å². The summed E-state index contributed by atoms with van der Waals surface area (Å²) in [4.78, 5) is 12.7. The fraction of sp³-hybridized carbons (Fsp3) is 0.200. The molecule has 0 saturated heterocycles. The third kappa shape index (κ3) is 3.05. The molecule has 0 unspecified atom stereocenters. The Balaban J connectivity index is 1.72. The second-order valence-electron chi connectivity index (χ2n) is 4.70. The third-order valence-electron chi connectivity index (χ3n) is 3.14. The number of hydrogen-bond donors (Lipinski definition) is 1. The van der Waals surface area contributed by atoms with Crippen molar-refractivity contribution in [3.05, 3.63) is 53.8 Å². The highest BCUT2D eigenvalue weighted by Crippen LogP contribution is 2.16. The summed E-state index contributed by atoms with van der Waals surface area (Å²) in [7, 11) is 0. The van der Waals surface area contributed by atoms with Gasteiger partial charge in [-0.3, -0.25) is 0 Å². The molecule has 0 spiro atoms. The molecule has 0 aliphatic carbocycles. The molecule has 0 fully saturated rings. The molecular formula is C15H15N5O. The van der Waals surface area contributed by atoms with E-state index >= 15 is 0 Å². The first kappa shape index (κ1) is 13.2. The standard InChI is InChI=1S/C15H15N5O/c1-10-17-9-8-13(18-10)15-19-14(21-20-15)7-6-11-4-2-3-5-12(11)16/h2-5,8-9H,6-7,16H2,1H3. The van der Waals surface area contributed by atoms with Gasteiger partial charge in [0.05, 0.1) is 0 Å². The highest BCUT2D eigenvalue weighted by atomic mass is 16.5. The number of aromatic nitrogens is 4. The summed E-state index contributed by atoms with van der Waals surface area (Å²) in [6.07, 6.45) is 3.08. The molecule has 0 saturated carbocycles. The molecule has 3 aromatic rings. The fourth-order valence-corrected chi connectivity index (χ4v) is 2.04. The Hall–Kier alpha value is -2.76. The average molecular weight is 281 g/mol. The molecule has 0 radical (unpaired) electrons. The van der Waals surface area contributed by atoms with Crippen LogP contribution >= 0.6 is 0 Å². The molecule has 6 heteroatoms. The molecule has 0 aliphatic rings. The largest absolute Gasteiger partial charge is 0.399 e. The van der Waals surface area contributed by atoms with Gasteiger partial charge in [-0.15, -0.1) is 0 Å². The van der Waals surface area contributed by atoms with Crippen molar-refractivity contribution >= 4 is 5.69 Å². The van der Waals surface area contributed by atoms with Crippen LogP contribution in [0, 0.1) is 6.92 Å². The quantitative estimate of drug-likeness (QED) is 0.737. The van der Waals surface area contributed by atoms with Gasteiger partial charge in [0.2, 0.25) is 11.7 Å². The first-order valence-corrected chi connectivity index (χ1v) is 6.68. The van der Waals surface area contributed by atoms with E-state index in [0.717, 1.165) is 17.7 Å². The van der Waals surface area contributed by atoms with Gasteiger partial charge in [-0.25, -0.2) is 9.97 Å². The molecular weight excluding hydrogens is 266 g/mol. The SMILES string of the molecule is Cc1nccc(-c2noc(CCc3ccccc3N)n2)n1. The summed E-state index contributed by atoms with van der Waals surface area (Å²) in [5.74, 6) is 1.73. The molecule has 2 N–H and O–H groups in total. The van der Waals surface area contributed by atoms with Crippen molar-refractivity contribution < 1.29 is 4.52 Å². The number of nitrogens with two attached hydrogens (primary N) is 1. The van der Waals surface area contributed by atoms with Crippen molar-refractivity contribution in [2.75, 3.05) is 5.73 Å². The van der Waals surface area contributed by atoms with Crippen LogP contribution < -0.4 is 5.73 Å². The minimum absolute atomic E-state index is 0.483. The minimum Gasteiger partial charge on any atom is -0.399 e. The summed E-state index contributed by atoms with van der Waals surface area (Å²) >= 11 is 0. The number of anilines is 1. The maximum Gasteiger partial charge on any atom is 0.227 e. The highest BCUT2D eigenvalue weighted by molar-refractivity contribution is 5.48. The number of rotatable bonds is 4. The Bertz CT molecular complexity index is 753. The molecule has 106 valence electrons. The molecule has 2 heterocycles. The smallest absolute Gasteiger partial charge is 0.227 e. The van der Waals surface area contributed by atoms with Crippen LogP contribution in [0.2, 0.25) is 0 Å². The number of nitrogen functional groups attached to an aromatic ring is 1. The van der Waals surface area contributed by atoms with Crippen LogP contribution in [0.3, 0.4) is 0 Å². The fourth-order valence-electron chi connectivity index (χ4n) is 2.04. The summed E-state index contributed by atoms with van der Waals surface area (Å²) in [6, 6.07) is 9.53. The Kier molecular flexibility index (Phi) is 3.59. The lowest BCUT2D eigenvalue weighted by molar-refractivity contribution is 0.379. The molecule has 6 nitrogen and oxygen atoms in total. The summed E-state index contributed by atoms with van der Waals surface area (Å²) < 4.78 is 5.26. The Labute approximate surface area is 122 Å². The lowest BCUT2D eigenvalue weighted by atomic mass is 10.1. The highest BCUT2D eigenvalue weighted by Gasteiger charge is 2.10. The normalized spacial score (nSPS) is 10.7. The van der Waals surface area contributed by atoms with Gasteiger partial charge in [0, 0.05) is 18.3 Å². The zero-order chi connectivity index (χ0) is 14.7. The lowest BCUT2D eigenvalue weighted by Crippen LogP contribution is -1.97. The number of hydrogen-bond acceptors (Lipinski definition) is 6. The van der Waals surface area contributed by atoms with Crippen LogP contribution in [0.15, 0.2) is 41.1 Å². The van der Waals surface area contributed by atoms with E-state index in [2.05, 4.69) is 20.1 Å². The Morgan fingerprint density at radius 3 is 2.76 bits per heavy atom. The van der Waals surface area contributed by atoms with E-state index in [9.17, 15) is 0 Å². The van der Waals surface area contributed by atoms with E-state index < -0.39 is 0 Å². The minimum atomic E-state index is 0.483. The molecule has 3 rings (SSSR count). The van der Waals surface area contributed by atoms with Crippen molar-refractivity contribution in [1.82, 2.24) is 20.1 Å². The molecule has 21 heavy (non-hydrogen) atoms. The summed E-state index contributed by atoms with van der Waals surface area (Å²) in [5, 5.41) is 3.95. The number of aryl methyl sites for hydroxylation is 3. The van der Waals surface area contributed by atoms with Crippen molar-refractivity contribution in [3.63, 3.8) is 0 Å².